The van der Waals surface area contributed by atoms with E-state index >= 15 is 0 Å². The van der Waals surface area contributed by atoms with E-state index in [2.05, 4.69) is 13.8 Å². The molecule has 0 saturated carbocycles. The van der Waals surface area contributed by atoms with Gasteiger partial charge in [0.1, 0.15) is 10.1 Å². The molecule has 0 fully saturated rings. The molecule has 1 N–H and O–H groups in total. The predicted octanol–water partition coefficient (Wildman–Crippen LogP) is 1.38. The van der Waals surface area contributed by atoms with Crippen molar-refractivity contribution in [2.24, 2.45) is 0 Å². The predicted molar refractivity (Wildman–Crippen MR) is 90.9 cm³/mol. The first-order valence-electron chi connectivity index (χ1n) is 9.06. The molecule has 6 heteroatoms. The third-order valence-electron chi connectivity index (χ3n) is 4.25. The summed E-state index contributed by atoms with van der Waals surface area (Å²) in [5.41, 5.74) is 0. The SMILES string of the molecule is CCCCCCCCCC(C(O)CCCCCC)S(=O)(=O)[O-].[K+]. The topological polar surface area (TPSA) is 77.4 Å². The molecule has 0 spiro atoms. The molecule has 23 heavy (non-hydrogen) atoms. The van der Waals surface area contributed by atoms with Gasteiger partial charge in [0, 0.05) is 0 Å². The molecule has 0 heterocycles. The molecule has 2 unspecified atom stereocenters. The summed E-state index contributed by atoms with van der Waals surface area (Å²) in [7, 11) is -4.41. The van der Waals surface area contributed by atoms with E-state index in [9.17, 15) is 18.1 Å². The number of hydrogen-bond donors (Lipinski definition) is 1. The average Bonchev–Trinajstić information content (AvgIpc) is 2.45. The molecule has 0 amide bonds. The molecular weight excluding hydrogens is 339 g/mol. The minimum absolute atomic E-state index is 0. The van der Waals surface area contributed by atoms with Crippen molar-refractivity contribution in [3.8, 4) is 0 Å². The van der Waals surface area contributed by atoms with Crippen molar-refractivity contribution in [1.29, 1.82) is 0 Å². The summed E-state index contributed by atoms with van der Waals surface area (Å²) >= 11 is 0. The van der Waals surface area contributed by atoms with Gasteiger partial charge in [-0.25, -0.2) is 8.42 Å². The second-order valence-electron chi connectivity index (χ2n) is 6.36. The average molecular weight is 375 g/mol. The van der Waals surface area contributed by atoms with Crippen molar-refractivity contribution < 1.29 is 69.5 Å². The summed E-state index contributed by atoms with van der Waals surface area (Å²) in [5.74, 6) is 0. The summed E-state index contributed by atoms with van der Waals surface area (Å²) in [6, 6.07) is 0. The minimum atomic E-state index is -4.41. The molecule has 0 aliphatic heterocycles. The Hall–Kier alpha value is 1.51. The number of hydrogen-bond acceptors (Lipinski definition) is 4. The molecule has 0 aromatic carbocycles. The van der Waals surface area contributed by atoms with Crippen molar-refractivity contribution in [2.45, 2.75) is 109 Å². The number of unbranched alkanes of at least 4 members (excludes halogenated alkanes) is 9. The quantitative estimate of drug-likeness (QED) is 0.267. The van der Waals surface area contributed by atoms with E-state index in [1.807, 2.05) is 0 Å². The van der Waals surface area contributed by atoms with Gasteiger partial charge in [0.25, 0.3) is 0 Å². The fourth-order valence-corrected chi connectivity index (χ4v) is 3.77. The Morgan fingerprint density at radius 2 is 1.17 bits per heavy atom. The van der Waals surface area contributed by atoms with Crippen LogP contribution >= 0.6 is 0 Å². The van der Waals surface area contributed by atoms with E-state index in [0.717, 1.165) is 38.5 Å². The molecule has 0 aromatic rings. The van der Waals surface area contributed by atoms with Gasteiger partial charge in [0.2, 0.25) is 0 Å². The number of rotatable bonds is 15. The Bertz CT molecular complexity index is 347. The van der Waals surface area contributed by atoms with Crippen molar-refractivity contribution in [3.63, 3.8) is 0 Å². The zero-order valence-corrected chi connectivity index (χ0v) is 19.4. The van der Waals surface area contributed by atoms with Crippen LogP contribution in [0.15, 0.2) is 0 Å². The molecule has 4 nitrogen and oxygen atoms in total. The van der Waals surface area contributed by atoms with Crippen molar-refractivity contribution in [3.05, 3.63) is 0 Å². The van der Waals surface area contributed by atoms with E-state index in [1.165, 1.54) is 25.7 Å². The van der Waals surface area contributed by atoms with Crippen LogP contribution in [0.25, 0.3) is 0 Å². The van der Waals surface area contributed by atoms with E-state index < -0.39 is 21.5 Å². The van der Waals surface area contributed by atoms with Gasteiger partial charge in [0.15, 0.2) is 0 Å². The molecule has 0 aromatic heterocycles. The van der Waals surface area contributed by atoms with Gasteiger partial charge < -0.3 is 9.66 Å². The second-order valence-corrected chi connectivity index (χ2v) is 7.95. The van der Waals surface area contributed by atoms with E-state index in [1.54, 1.807) is 0 Å². The maximum Gasteiger partial charge on any atom is 1.00 e. The van der Waals surface area contributed by atoms with E-state index in [4.69, 9.17) is 0 Å². The molecule has 0 rings (SSSR count). The first kappa shape index (κ1) is 26.7. The van der Waals surface area contributed by atoms with Crippen LogP contribution in [0.1, 0.15) is 97.3 Å². The van der Waals surface area contributed by atoms with Gasteiger partial charge in [-0.3, -0.25) is 0 Å². The summed E-state index contributed by atoms with van der Waals surface area (Å²) in [6.07, 6.45) is 11.2. The molecular formula is C17H35KO4S. The Morgan fingerprint density at radius 3 is 1.65 bits per heavy atom. The molecule has 134 valence electrons. The smallest absolute Gasteiger partial charge is 0.748 e. The van der Waals surface area contributed by atoms with Gasteiger partial charge in [-0.05, 0) is 12.8 Å². The van der Waals surface area contributed by atoms with Crippen LogP contribution in [0, 0.1) is 0 Å². The third-order valence-corrected chi connectivity index (χ3v) is 5.54. The van der Waals surface area contributed by atoms with Crippen LogP contribution in [0.5, 0.6) is 0 Å². The first-order valence-corrected chi connectivity index (χ1v) is 10.5. The number of aliphatic hydroxyl groups excluding tert-OH is 1. The van der Waals surface area contributed by atoms with Crippen molar-refractivity contribution in [2.75, 3.05) is 0 Å². The molecule has 2 atom stereocenters. The third kappa shape index (κ3) is 15.5. The zero-order valence-electron chi connectivity index (χ0n) is 15.4. The molecule has 0 saturated heterocycles. The van der Waals surface area contributed by atoms with Gasteiger partial charge in [0.05, 0.1) is 11.4 Å². The van der Waals surface area contributed by atoms with Gasteiger partial charge in [-0.2, -0.15) is 0 Å². The summed E-state index contributed by atoms with van der Waals surface area (Å²) in [4.78, 5) is 0. The summed E-state index contributed by atoms with van der Waals surface area (Å²) < 4.78 is 34.1. The monoisotopic (exact) mass is 374 g/mol. The number of aliphatic hydroxyl groups is 1. The Labute approximate surface area is 186 Å². The van der Waals surface area contributed by atoms with Crippen LogP contribution < -0.4 is 51.4 Å². The van der Waals surface area contributed by atoms with Gasteiger partial charge in [-0.15, -0.1) is 0 Å². The second kappa shape index (κ2) is 16.9. The Morgan fingerprint density at radius 1 is 0.783 bits per heavy atom. The van der Waals surface area contributed by atoms with Crippen LogP contribution in [0.3, 0.4) is 0 Å². The minimum Gasteiger partial charge on any atom is -0.748 e. The first-order chi connectivity index (χ1) is 10.4. The molecule has 0 bridgehead atoms. The zero-order chi connectivity index (χ0) is 16.8. The molecule has 0 aliphatic carbocycles. The fraction of sp³-hybridized carbons (Fsp3) is 1.00. The molecule has 0 aliphatic rings. The van der Waals surface area contributed by atoms with Crippen LogP contribution in [0.4, 0.5) is 0 Å². The van der Waals surface area contributed by atoms with E-state index in [-0.39, 0.29) is 51.4 Å². The largest absolute Gasteiger partial charge is 1.00 e. The van der Waals surface area contributed by atoms with Gasteiger partial charge in [-0.1, -0.05) is 84.5 Å². The Balaban J connectivity index is 0. The van der Waals surface area contributed by atoms with Crippen molar-refractivity contribution >= 4 is 10.1 Å². The van der Waals surface area contributed by atoms with Crippen LogP contribution in [0.2, 0.25) is 0 Å². The van der Waals surface area contributed by atoms with Gasteiger partial charge >= 0.3 is 51.4 Å². The maximum atomic E-state index is 11.4. The summed E-state index contributed by atoms with van der Waals surface area (Å²) in [5, 5.41) is 8.92. The van der Waals surface area contributed by atoms with Crippen LogP contribution in [-0.4, -0.2) is 29.4 Å². The maximum absolute atomic E-state index is 11.4. The Kier molecular flexibility index (Phi) is 19.7. The van der Waals surface area contributed by atoms with Crippen LogP contribution in [-0.2, 0) is 10.1 Å². The van der Waals surface area contributed by atoms with Crippen molar-refractivity contribution in [1.82, 2.24) is 0 Å². The normalized spacial score (nSPS) is 14.3. The van der Waals surface area contributed by atoms with E-state index in [0.29, 0.717) is 19.3 Å². The fourth-order valence-electron chi connectivity index (χ4n) is 2.80. The standard InChI is InChI=1S/C17H36O4S.K/c1-3-5-7-9-10-11-13-15-17(22(19,20)21)16(18)14-12-8-6-4-2;/h16-18H,3-15H2,1-2H3,(H,19,20,21);/q;+1/p-1. The summed E-state index contributed by atoms with van der Waals surface area (Å²) in [6.45, 7) is 4.27. The molecule has 0 radical (unpaired) electrons.